The Hall–Kier alpha value is -3.08. The summed E-state index contributed by atoms with van der Waals surface area (Å²) in [5.74, 6) is 0. The maximum atomic E-state index is 12.7. The Kier molecular flexibility index (Phi) is 5.14. The summed E-state index contributed by atoms with van der Waals surface area (Å²) in [4.78, 5) is 12.7. The number of nitrogens with zero attached hydrogens (tertiary/aromatic N) is 4. The van der Waals surface area contributed by atoms with Gasteiger partial charge in [0.1, 0.15) is 0 Å². The van der Waals surface area contributed by atoms with Crippen LogP contribution in [0.25, 0.3) is 33.4 Å². The highest BCUT2D eigenvalue weighted by Crippen LogP contribution is 2.34. The first-order valence-electron chi connectivity index (χ1n) is 10.4. The summed E-state index contributed by atoms with van der Waals surface area (Å²) in [6.45, 7) is 10.5. The van der Waals surface area contributed by atoms with E-state index < -0.39 is 0 Å². The first kappa shape index (κ1) is 19.2. The predicted octanol–water partition coefficient (Wildman–Crippen LogP) is 5.09. The van der Waals surface area contributed by atoms with Crippen molar-refractivity contribution in [2.24, 2.45) is 0 Å². The molecule has 0 aliphatic heterocycles. The molecule has 0 fully saturated rings. The molecule has 150 valence electrons. The second-order valence-electron chi connectivity index (χ2n) is 7.47. The van der Waals surface area contributed by atoms with Crippen LogP contribution in [-0.4, -0.2) is 18.9 Å². The molecule has 0 atom stereocenters. The highest BCUT2D eigenvalue weighted by Gasteiger charge is 2.17. The van der Waals surface area contributed by atoms with Gasteiger partial charge in [-0.2, -0.15) is 5.10 Å². The van der Waals surface area contributed by atoms with E-state index in [0.717, 1.165) is 40.8 Å². The molecule has 0 spiro atoms. The minimum Gasteiger partial charge on any atom is -0.292 e. The zero-order valence-electron chi connectivity index (χ0n) is 17.6. The second kappa shape index (κ2) is 7.74. The summed E-state index contributed by atoms with van der Waals surface area (Å²) in [6.07, 6.45) is 2.98. The summed E-state index contributed by atoms with van der Waals surface area (Å²) >= 11 is 0. The molecule has 4 aromatic rings. The van der Waals surface area contributed by atoms with E-state index in [1.54, 1.807) is 0 Å². The van der Waals surface area contributed by atoms with Crippen molar-refractivity contribution in [2.45, 2.75) is 53.8 Å². The molecule has 0 unspecified atom stereocenters. The molecule has 2 heterocycles. The molecule has 0 aliphatic carbocycles. The number of aromatic nitrogens is 4. The van der Waals surface area contributed by atoms with Crippen molar-refractivity contribution in [2.75, 3.05) is 0 Å². The zero-order valence-corrected chi connectivity index (χ0v) is 17.6. The summed E-state index contributed by atoms with van der Waals surface area (Å²) in [5.41, 5.74) is 7.75. The Morgan fingerprint density at radius 1 is 0.897 bits per heavy atom. The van der Waals surface area contributed by atoms with Crippen LogP contribution >= 0.6 is 0 Å². The van der Waals surface area contributed by atoms with E-state index in [0.29, 0.717) is 13.1 Å². The fraction of sp³-hybridized carbons (Fsp3) is 0.333. The smallest absolute Gasteiger partial charge is 0.292 e. The summed E-state index contributed by atoms with van der Waals surface area (Å²) in [6, 6.07) is 14.9. The van der Waals surface area contributed by atoms with Crippen molar-refractivity contribution < 1.29 is 0 Å². The molecule has 0 saturated heterocycles. The van der Waals surface area contributed by atoms with Gasteiger partial charge in [0, 0.05) is 30.8 Å². The lowest BCUT2D eigenvalue weighted by Gasteiger charge is -2.11. The number of rotatable bonds is 6. The van der Waals surface area contributed by atoms with Crippen molar-refractivity contribution in [3.63, 3.8) is 0 Å². The minimum absolute atomic E-state index is 0.0581. The van der Waals surface area contributed by atoms with Crippen LogP contribution in [0.15, 0.2) is 53.5 Å². The number of hydrogen-bond donors (Lipinski definition) is 0. The molecule has 2 aromatic heterocycles. The van der Waals surface area contributed by atoms with Gasteiger partial charge in [-0.25, -0.2) is 4.79 Å². The van der Waals surface area contributed by atoms with Gasteiger partial charge in [-0.15, -0.1) is 0 Å². The van der Waals surface area contributed by atoms with Crippen LogP contribution in [-0.2, 0) is 19.6 Å². The highest BCUT2D eigenvalue weighted by atomic mass is 16.1. The standard InChI is InChI=1S/C24H28N4O/c1-5-13-28-23(19-10-8-9-17(4)14-19)20(16-25-28)18-11-12-21-22(15-18)27(7-3)24(29)26(21)6-2/h8-12,14-16H,5-7,13H2,1-4H3. The number of imidazole rings is 1. The Labute approximate surface area is 171 Å². The Morgan fingerprint density at radius 3 is 2.34 bits per heavy atom. The Morgan fingerprint density at radius 2 is 1.66 bits per heavy atom. The fourth-order valence-electron chi connectivity index (χ4n) is 4.17. The molecule has 0 amide bonds. The highest BCUT2D eigenvalue weighted by molar-refractivity contribution is 5.87. The van der Waals surface area contributed by atoms with Gasteiger partial charge in [0.05, 0.1) is 22.9 Å². The van der Waals surface area contributed by atoms with E-state index in [4.69, 9.17) is 5.10 Å². The third-order valence-electron chi connectivity index (χ3n) is 5.53. The summed E-state index contributed by atoms with van der Waals surface area (Å²) < 4.78 is 5.79. The van der Waals surface area contributed by atoms with Crippen LogP contribution in [0.4, 0.5) is 0 Å². The molecule has 0 aliphatic rings. The average molecular weight is 389 g/mol. The molecule has 0 N–H and O–H groups in total. The molecule has 5 nitrogen and oxygen atoms in total. The third kappa shape index (κ3) is 3.20. The zero-order chi connectivity index (χ0) is 20.5. The SMILES string of the molecule is CCCn1ncc(-c2ccc3c(c2)n(CC)c(=O)n3CC)c1-c1cccc(C)c1. The molecule has 5 heteroatoms. The molecule has 4 rings (SSSR count). The first-order valence-corrected chi connectivity index (χ1v) is 10.4. The molecular weight excluding hydrogens is 360 g/mol. The number of aryl methyl sites for hydroxylation is 4. The average Bonchev–Trinajstić information content (AvgIpc) is 3.25. The lowest BCUT2D eigenvalue weighted by Crippen LogP contribution is -2.22. The molecule has 0 bridgehead atoms. The van der Waals surface area contributed by atoms with Gasteiger partial charge in [0.25, 0.3) is 0 Å². The molecule has 0 radical (unpaired) electrons. The van der Waals surface area contributed by atoms with Gasteiger partial charge >= 0.3 is 5.69 Å². The van der Waals surface area contributed by atoms with Gasteiger partial charge in [0.2, 0.25) is 0 Å². The van der Waals surface area contributed by atoms with Gasteiger partial charge in [0.15, 0.2) is 0 Å². The summed E-state index contributed by atoms with van der Waals surface area (Å²) in [5, 5.41) is 4.69. The van der Waals surface area contributed by atoms with Crippen molar-refractivity contribution >= 4 is 11.0 Å². The van der Waals surface area contributed by atoms with Crippen molar-refractivity contribution in [3.05, 3.63) is 64.7 Å². The Balaban J connectivity index is 1.96. The molecule has 2 aromatic carbocycles. The summed E-state index contributed by atoms with van der Waals surface area (Å²) in [7, 11) is 0. The van der Waals surface area contributed by atoms with E-state index in [1.165, 1.54) is 11.1 Å². The van der Waals surface area contributed by atoms with Gasteiger partial charge in [-0.05, 0) is 51.0 Å². The van der Waals surface area contributed by atoms with Crippen LogP contribution in [0.5, 0.6) is 0 Å². The van der Waals surface area contributed by atoms with Crippen LogP contribution in [0.3, 0.4) is 0 Å². The lowest BCUT2D eigenvalue weighted by molar-refractivity contribution is 0.609. The minimum atomic E-state index is 0.0581. The van der Waals surface area contributed by atoms with Crippen LogP contribution in [0.1, 0.15) is 32.8 Å². The lowest BCUT2D eigenvalue weighted by atomic mass is 10.00. The first-order chi connectivity index (χ1) is 14.1. The molecular formula is C24H28N4O. The third-order valence-corrected chi connectivity index (χ3v) is 5.53. The predicted molar refractivity (Wildman–Crippen MR) is 119 cm³/mol. The molecule has 0 saturated carbocycles. The van der Waals surface area contributed by atoms with Crippen molar-refractivity contribution in [1.29, 1.82) is 0 Å². The maximum absolute atomic E-state index is 12.7. The largest absolute Gasteiger partial charge is 0.329 e. The topological polar surface area (TPSA) is 44.8 Å². The second-order valence-corrected chi connectivity index (χ2v) is 7.47. The quantitative estimate of drug-likeness (QED) is 0.462. The van der Waals surface area contributed by atoms with Crippen LogP contribution in [0.2, 0.25) is 0 Å². The van der Waals surface area contributed by atoms with Crippen LogP contribution < -0.4 is 5.69 Å². The maximum Gasteiger partial charge on any atom is 0.329 e. The molecule has 29 heavy (non-hydrogen) atoms. The van der Waals surface area contributed by atoms with Gasteiger partial charge < -0.3 is 0 Å². The normalized spacial score (nSPS) is 11.4. The van der Waals surface area contributed by atoms with E-state index >= 15 is 0 Å². The Bertz CT molecular complexity index is 1230. The van der Waals surface area contributed by atoms with Gasteiger partial charge in [-0.1, -0.05) is 36.8 Å². The van der Waals surface area contributed by atoms with E-state index in [9.17, 15) is 4.79 Å². The van der Waals surface area contributed by atoms with Crippen molar-refractivity contribution in [1.82, 2.24) is 18.9 Å². The van der Waals surface area contributed by atoms with Crippen molar-refractivity contribution in [3.8, 4) is 22.4 Å². The van der Waals surface area contributed by atoms with Gasteiger partial charge in [-0.3, -0.25) is 13.8 Å². The van der Waals surface area contributed by atoms with E-state index in [-0.39, 0.29) is 5.69 Å². The number of fused-ring (bicyclic) bond motifs is 1. The van der Waals surface area contributed by atoms with E-state index in [2.05, 4.69) is 61.0 Å². The van der Waals surface area contributed by atoms with Crippen LogP contribution in [0, 0.1) is 6.92 Å². The number of hydrogen-bond acceptors (Lipinski definition) is 2. The number of benzene rings is 2. The monoisotopic (exact) mass is 388 g/mol. The fourth-order valence-corrected chi connectivity index (χ4v) is 4.17. The van der Waals surface area contributed by atoms with E-state index in [1.807, 2.05) is 29.2 Å².